The highest BCUT2D eigenvalue weighted by atomic mass is 32.2. The van der Waals surface area contributed by atoms with Gasteiger partial charge in [-0.1, -0.05) is 19.1 Å². The van der Waals surface area contributed by atoms with Crippen LogP contribution in [0.2, 0.25) is 0 Å². The van der Waals surface area contributed by atoms with Gasteiger partial charge >= 0.3 is 5.97 Å². The van der Waals surface area contributed by atoms with E-state index in [-0.39, 0.29) is 5.91 Å². The molecule has 4 nitrogen and oxygen atoms in total. The van der Waals surface area contributed by atoms with Crippen molar-refractivity contribution >= 4 is 23.6 Å². The van der Waals surface area contributed by atoms with E-state index in [0.29, 0.717) is 5.75 Å². The van der Waals surface area contributed by atoms with Crippen LogP contribution in [0.5, 0.6) is 0 Å². The number of rotatable bonds is 6. The molecule has 1 aromatic rings. The summed E-state index contributed by atoms with van der Waals surface area (Å²) in [4.78, 5) is 22.8. The highest BCUT2D eigenvalue weighted by Crippen LogP contribution is 2.19. The van der Waals surface area contributed by atoms with Gasteiger partial charge in [0.25, 0.3) is 0 Å². The molecule has 0 fully saturated rings. The Hall–Kier alpha value is -1.49. The van der Waals surface area contributed by atoms with Crippen molar-refractivity contribution in [3.63, 3.8) is 0 Å². The third-order valence-electron chi connectivity index (χ3n) is 2.42. The zero-order valence-electron chi connectivity index (χ0n) is 10.5. The van der Waals surface area contributed by atoms with E-state index in [2.05, 4.69) is 12.2 Å². The van der Waals surface area contributed by atoms with E-state index in [1.165, 1.54) is 24.2 Å². The Morgan fingerprint density at radius 2 is 1.94 bits per heavy atom. The monoisotopic (exact) mass is 267 g/mol. The van der Waals surface area contributed by atoms with Crippen molar-refractivity contribution in [2.24, 2.45) is 0 Å². The van der Waals surface area contributed by atoms with Gasteiger partial charge in [0.2, 0.25) is 5.91 Å². The molecule has 0 saturated heterocycles. The molecule has 0 spiro atoms. The molecule has 1 rings (SSSR count). The number of amides is 1. The number of aliphatic carboxylic acids is 1. The fourth-order valence-corrected chi connectivity index (χ4v) is 2.33. The van der Waals surface area contributed by atoms with E-state index < -0.39 is 12.0 Å². The Morgan fingerprint density at radius 3 is 2.39 bits per heavy atom. The lowest BCUT2D eigenvalue weighted by atomic mass is 10.2. The zero-order chi connectivity index (χ0) is 13.5. The second-order valence-electron chi connectivity index (χ2n) is 3.90. The fraction of sp³-hybridized carbons (Fsp3) is 0.385. The van der Waals surface area contributed by atoms with Crippen molar-refractivity contribution in [2.45, 2.75) is 31.2 Å². The van der Waals surface area contributed by atoms with Crippen LogP contribution < -0.4 is 5.32 Å². The summed E-state index contributed by atoms with van der Waals surface area (Å²) in [6, 6.07) is 7.14. The number of hydrogen-bond acceptors (Lipinski definition) is 3. The number of carboxylic acid groups (broad SMARTS) is 1. The van der Waals surface area contributed by atoms with E-state index in [4.69, 9.17) is 5.11 Å². The summed E-state index contributed by atoms with van der Waals surface area (Å²) in [6.07, 6.45) is 0.981. The minimum atomic E-state index is -1.01. The molecule has 0 aromatic heterocycles. The van der Waals surface area contributed by atoms with Crippen LogP contribution in [0.3, 0.4) is 0 Å². The lowest BCUT2D eigenvalue weighted by molar-refractivity contribution is -0.140. The van der Waals surface area contributed by atoms with Crippen molar-refractivity contribution in [3.8, 4) is 0 Å². The molecule has 0 bridgehead atoms. The molecule has 0 aliphatic heterocycles. The van der Waals surface area contributed by atoms with Gasteiger partial charge in [0.15, 0.2) is 0 Å². The molecule has 1 aromatic carbocycles. The smallest absolute Gasteiger partial charge is 0.327 e. The van der Waals surface area contributed by atoms with Gasteiger partial charge in [-0.05, 0) is 24.1 Å². The Bertz CT molecular complexity index is 417. The van der Waals surface area contributed by atoms with Crippen molar-refractivity contribution in [3.05, 3.63) is 29.8 Å². The first-order valence-electron chi connectivity index (χ1n) is 5.74. The van der Waals surface area contributed by atoms with Gasteiger partial charge in [0.1, 0.15) is 6.04 Å². The minimum absolute atomic E-state index is 0.320. The summed E-state index contributed by atoms with van der Waals surface area (Å²) >= 11 is 1.42. The van der Waals surface area contributed by atoms with Crippen molar-refractivity contribution in [2.75, 3.05) is 5.75 Å². The molecule has 98 valence electrons. The normalized spacial score (nSPS) is 11.9. The third-order valence-corrected chi connectivity index (χ3v) is 3.53. The average molecular weight is 267 g/mol. The average Bonchev–Trinajstić information content (AvgIpc) is 2.34. The quantitative estimate of drug-likeness (QED) is 0.773. The second-order valence-corrected chi connectivity index (χ2v) is 4.99. The lowest BCUT2D eigenvalue weighted by Crippen LogP contribution is -2.41. The largest absolute Gasteiger partial charge is 0.480 e. The van der Waals surface area contributed by atoms with Crippen LogP contribution in [-0.4, -0.2) is 28.8 Å². The van der Waals surface area contributed by atoms with Crippen LogP contribution in [0.25, 0.3) is 0 Å². The number of thioether (sulfide) groups is 1. The van der Waals surface area contributed by atoms with Gasteiger partial charge in [-0.25, -0.2) is 4.79 Å². The molecule has 0 aliphatic carbocycles. The Kier molecular flexibility index (Phi) is 5.71. The Labute approximate surface area is 111 Å². The van der Waals surface area contributed by atoms with Crippen LogP contribution in [-0.2, 0) is 16.0 Å². The molecule has 1 atom stereocenters. The van der Waals surface area contributed by atoms with Crippen molar-refractivity contribution in [1.82, 2.24) is 5.32 Å². The molecule has 1 unspecified atom stereocenters. The number of hydrogen-bond donors (Lipinski definition) is 2. The third kappa shape index (κ3) is 4.79. The molecular weight excluding hydrogens is 250 g/mol. The summed E-state index contributed by atoms with van der Waals surface area (Å²) in [6.45, 7) is 3.40. The van der Waals surface area contributed by atoms with E-state index >= 15 is 0 Å². The van der Waals surface area contributed by atoms with Gasteiger partial charge in [0, 0.05) is 17.6 Å². The molecule has 2 N–H and O–H groups in total. The highest BCUT2D eigenvalue weighted by molar-refractivity contribution is 7.99. The molecule has 0 saturated carbocycles. The van der Waals surface area contributed by atoms with Crippen molar-refractivity contribution in [1.29, 1.82) is 0 Å². The SMILES string of the molecule is CCc1ccc(SCC(NC(C)=O)C(=O)O)cc1. The first kappa shape index (κ1) is 14.6. The maximum Gasteiger partial charge on any atom is 0.327 e. The zero-order valence-corrected chi connectivity index (χ0v) is 11.3. The number of benzene rings is 1. The maximum absolute atomic E-state index is 10.9. The number of nitrogens with one attached hydrogen (secondary N) is 1. The van der Waals surface area contributed by atoms with Crippen LogP contribution in [0.15, 0.2) is 29.2 Å². The summed E-state index contributed by atoms with van der Waals surface area (Å²) in [7, 11) is 0. The summed E-state index contributed by atoms with van der Waals surface area (Å²) < 4.78 is 0. The van der Waals surface area contributed by atoms with E-state index in [9.17, 15) is 9.59 Å². The number of carbonyl (C=O) groups is 2. The van der Waals surface area contributed by atoms with E-state index in [1.54, 1.807) is 0 Å². The van der Waals surface area contributed by atoms with Gasteiger partial charge in [-0.3, -0.25) is 4.79 Å². The first-order valence-corrected chi connectivity index (χ1v) is 6.73. The lowest BCUT2D eigenvalue weighted by Gasteiger charge is -2.12. The molecular formula is C13H17NO3S. The fourth-order valence-electron chi connectivity index (χ4n) is 1.42. The molecule has 0 aliphatic rings. The molecule has 5 heteroatoms. The second kappa shape index (κ2) is 7.06. The minimum Gasteiger partial charge on any atom is -0.480 e. The van der Waals surface area contributed by atoms with Crippen LogP contribution in [0.1, 0.15) is 19.4 Å². The molecule has 0 radical (unpaired) electrons. The Balaban J connectivity index is 2.55. The number of carboxylic acids is 1. The number of carbonyl (C=O) groups excluding carboxylic acids is 1. The predicted molar refractivity (Wildman–Crippen MR) is 71.8 cm³/mol. The van der Waals surface area contributed by atoms with Gasteiger partial charge < -0.3 is 10.4 Å². The number of aryl methyl sites for hydroxylation is 1. The van der Waals surface area contributed by atoms with Crippen LogP contribution in [0.4, 0.5) is 0 Å². The topological polar surface area (TPSA) is 66.4 Å². The highest BCUT2D eigenvalue weighted by Gasteiger charge is 2.18. The van der Waals surface area contributed by atoms with Gasteiger partial charge in [-0.2, -0.15) is 0 Å². The molecule has 18 heavy (non-hydrogen) atoms. The van der Waals surface area contributed by atoms with Crippen LogP contribution >= 0.6 is 11.8 Å². The summed E-state index contributed by atoms with van der Waals surface area (Å²) in [5, 5.41) is 11.4. The summed E-state index contributed by atoms with van der Waals surface area (Å²) in [5.74, 6) is -1.02. The first-order chi connectivity index (χ1) is 8.52. The standard InChI is InChI=1S/C13H17NO3S/c1-3-10-4-6-11(7-5-10)18-8-12(13(16)17)14-9(2)15/h4-7,12H,3,8H2,1-2H3,(H,14,15)(H,16,17). The predicted octanol–water partition coefficient (Wildman–Crippen LogP) is 1.93. The van der Waals surface area contributed by atoms with Gasteiger partial charge in [0.05, 0.1) is 0 Å². The van der Waals surface area contributed by atoms with E-state index in [0.717, 1.165) is 11.3 Å². The van der Waals surface area contributed by atoms with Gasteiger partial charge in [-0.15, -0.1) is 11.8 Å². The van der Waals surface area contributed by atoms with Crippen molar-refractivity contribution < 1.29 is 14.7 Å². The molecule has 0 heterocycles. The van der Waals surface area contributed by atoms with Crippen LogP contribution in [0, 0.1) is 0 Å². The summed E-state index contributed by atoms with van der Waals surface area (Å²) in [5.41, 5.74) is 1.25. The van der Waals surface area contributed by atoms with E-state index in [1.807, 2.05) is 24.3 Å². The molecule has 1 amide bonds. The maximum atomic E-state index is 10.9. The Morgan fingerprint density at radius 1 is 1.33 bits per heavy atom.